The third kappa shape index (κ3) is 3.40. The monoisotopic (exact) mass is 314 g/mol. The van der Waals surface area contributed by atoms with Crippen LogP contribution in [0.4, 0.5) is 0 Å². The molecule has 0 bridgehead atoms. The maximum atomic E-state index is 12.1. The Kier molecular flexibility index (Phi) is 4.12. The fourth-order valence-electron chi connectivity index (χ4n) is 2.52. The molecule has 1 aromatic heterocycles. The number of carbonyl (C=O) groups is 2. The molecular formula is C16H18N4O3. The highest BCUT2D eigenvalue weighted by Crippen LogP contribution is 2.20. The quantitative estimate of drug-likeness (QED) is 0.828. The summed E-state index contributed by atoms with van der Waals surface area (Å²) in [5, 5.41) is 4.20. The summed E-state index contributed by atoms with van der Waals surface area (Å²) in [4.78, 5) is 24.0. The summed E-state index contributed by atoms with van der Waals surface area (Å²) in [6.45, 7) is 4.88. The van der Waals surface area contributed by atoms with Crippen LogP contribution >= 0.6 is 0 Å². The molecule has 7 nitrogen and oxygen atoms in total. The van der Waals surface area contributed by atoms with Crippen molar-refractivity contribution in [2.45, 2.75) is 33.6 Å². The van der Waals surface area contributed by atoms with Gasteiger partial charge in [0.25, 0.3) is 11.8 Å². The first-order chi connectivity index (χ1) is 11.0. The molecule has 2 aromatic rings. The maximum Gasteiger partial charge on any atom is 0.269 e. The van der Waals surface area contributed by atoms with Gasteiger partial charge in [-0.3, -0.25) is 25.1 Å². The number of hydrogen-bond donors (Lipinski definition) is 2. The van der Waals surface area contributed by atoms with Crippen molar-refractivity contribution in [3.05, 3.63) is 52.3 Å². The average molecular weight is 314 g/mol. The Morgan fingerprint density at radius 2 is 1.96 bits per heavy atom. The highest BCUT2D eigenvalue weighted by Gasteiger charge is 2.15. The van der Waals surface area contributed by atoms with Crippen molar-refractivity contribution in [3.63, 3.8) is 0 Å². The zero-order chi connectivity index (χ0) is 16.4. The van der Waals surface area contributed by atoms with Gasteiger partial charge in [-0.25, -0.2) is 0 Å². The smallest absolute Gasteiger partial charge is 0.269 e. The molecule has 0 aliphatic carbocycles. The number of hydrazine groups is 1. The van der Waals surface area contributed by atoms with Crippen molar-refractivity contribution in [2.75, 3.05) is 0 Å². The van der Waals surface area contributed by atoms with Crippen molar-refractivity contribution in [1.82, 2.24) is 20.6 Å². The van der Waals surface area contributed by atoms with Gasteiger partial charge in [0.1, 0.15) is 6.54 Å². The summed E-state index contributed by atoms with van der Waals surface area (Å²) in [5.74, 6) is -0.699. The normalized spacial score (nSPS) is 12.8. The predicted molar refractivity (Wildman–Crippen MR) is 82.2 cm³/mol. The number of nitrogens with one attached hydrogen (secondary N) is 2. The summed E-state index contributed by atoms with van der Waals surface area (Å²) in [5.41, 5.74) is 9.14. The van der Waals surface area contributed by atoms with E-state index in [1.807, 2.05) is 26.0 Å². The lowest BCUT2D eigenvalue weighted by molar-refractivity contribution is -0.122. The Bertz CT molecular complexity index is 767. The molecule has 0 fully saturated rings. The molecule has 0 saturated carbocycles. The number of rotatable bonds is 3. The van der Waals surface area contributed by atoms with E-state index in [4.69, 9.17) is 4.74 Å². The summed E-state index contributed by atoms with van der Waals surface area (Å²) in [6, 6.07) is 7.26. The van der Waals surface area contributed by atoms with Crippen LogP contribution in [0, 0.1) is 13.8 Å². The minimum Gasteiger partial charge on any atom is -0.372 e. The van der Waals surface area contributed by atoms with Crippen molar-refractivity contribution in [2.24, 2.45) is 0 Å². The Morgan fingerprint density at radius 3 is 2.70 bits per heavy atom. The van der Waals surface area contributed by atoms with Crippen LogP contribution in [0.1, 0.15) is 32.9 Å². The molecule has 2 heterocycles. The second-order valence-electron chi connectivity index (χ2n) is 5.56. The van der Waals surface area contributed by atoms with Gasteiger partial charge >= 0.3 is 0 Å². The number of carbonyl (C=O) groups excluding carboxylic acids is 2. The predicted octanol–water partition coefficient (Wildman–Crippen LogP) is 0.991. The second kappa shape index (κ2) is 6.21. The molecule has 0 atom stereocenters. The zero-order valence-corrected chi connectivity index (χ0v) is 13.0. The van der Waals surface area contributed by atoms with Gasteiger partial charge in [-0.1, -0.05) is 6.07 Å². The average Bonchev–Trinajstić information content (AvgIpc) is 3.10. The molecule has 0 unspecified atom stereocenters. The van der Waals surface area contributed by atoms with Crippen LogP contribution in [-0.2, 0) is 29.3 Å². The molecule has 120 valence electrons. The summed E-state index contributed by atoms with van der Waals surface area (Å²) in [7, 11) is 0. The summed E-state index contributed by atoms with van der Waals surface area (Å²) in [6.07, 6.45) is 0. The first kappa shape index (κ1) is 15.2. The molecule has 0 spiro atoms. The van der Waals surface area contributed by atoms with Crippen molar-refractivity contribution >= 4 is 11.8 Å². The van der Waals surface area contributed by atoms with Gasteiger partial charge in [0, 0.05) is 11.3 Å². The van der Waals surface area contributed by atoms with Crippen LogP contribution in [0.2, 0.25) is 0 Å². The number of nitrogens with zero attached hydrogens (tertiary/aromatic N) is 2. The lowest BCUT2D eigenvalue weighted by Gasteiger charge is -2.09. The summed E-state index contributed by atoms with van der Waals surface area (Å²) >= 11 is 0. The van der Waals surface area contributed by atoms with Gasteiger partial charge in [-0.05, 0) is 43.2 Å². The molecule has 2 amide bonds. The van der Waals surface area contributed by atoms with Gasteiger partial charge < -0.3 is 4.74 Å². The first-order valence-corrected chi connectivity index (χ1v) is 7.33. The minimum absolute atomic E-state index is 0.0536. The summed E-state index contributed by atoms with van der Waals surface area (Å²) < 4.78 is 6.90. The molecule has 23 heavy (non-hydrogen) atoms. The molecular weight excluding hydrogens is 296 g/mol. The number of aryl methyl sites for hydroxylation is 2. The Morgan fingerprint density at radius 1 is 1.17 bits per heavy atom. The van der Waals surface area contributed by atoms with Crippen molar-refractivity contribution < 1.29 is 14.3 Å². The van der Waals surface area contributed by atoms with E-state index in [2.05, 4.69) is 16.0 Å². The number of benzene rings is 1. The van der Waals surface area contributed by atoms with Crippen LogP contribution in [0.5, 0.6) is 0 Å². The fourth-order valence-corrected chi connectivity index (χ4v) is 2.52. The van der Waals surface area contributed by atoms with Gasteiger partial charge in [-0.2, -0.15) is 5.10 Å². The molecule has 3 rings (SSSR count). The molecule has 0 saturated heterocycles. The number of aromatic nitrogens is 2. The van der Waals surface area contributed by atoms with E-state index in [0.717, 1.165) is 22.5 Å². The van der Waals surface area contributed by atoms with E-state index in [1.165, 1.54) is 0 Å². The van der Waals surface area contributed by atoms with Crippen LogP contribution in [0.3, 0.4) is 0 Å². The lowest BCUT2D eigenvalue weighted by atomic mass is 10.1. The van der Waals surface area contributed by atoms with Gasteiger partial charge in [-0.15, -0.1) is 0 Å². The Hall–Kier alpha value is -2.67. The lowest BCUT2D eigenvalue weighted by Crippen LogP contribution is -2.43. The SMILES string of the molecule is Cc1cc(C)n(CC(=O)NNC(=O)c2ccc3c(c2)COC3)n1. The minimum atomic E-state index is -0.360. The first-order valence-electron chi connectivity index (χ1n) is 7.33. The standard InChI is InChI=1S/C16H18N4O3/c1-10-5-11(2)20(19-10)7-15(21)17-18-16(22)12-3-4-13-8-23-9-14(13)6-12/h3-6H,7-9H2,1-2H3,(H,17,21)(H,18,22). The topological polar surface area (TPSA) is 85.2 Å². The van der Waals surface area contributed by atoms with Gasteiger partial charge in [0.15, 0.2) is 0 Å². The van der Waals surface area contributed by atoms with Crippen molar-refractivity contribution in [3.8, 4) is 0 Å². The van der Waals surface area contributed by atoms with Crippen LogP contribution in [0.25, 0.3) is 0 Å². The van der Waals surface area contributed by atoms with Crippen LogP contribution in [0.15, 0.2) is 24.3 Å². The number of amides is 2. The van der Waals surface area contributed by atoms with Crippen LogP contribution < -0.4 is 10.9 Å². The third-order valence-electron chi connectivity index (χ3n) is 3.70. The van der Waals surface area contributed by atoms with E-state index >= 15 is 0 Å². The molecule has 7 heteroatoms. The highest BCUT2D eigenvalue weighted by molar-refractivity contribution is 5.95. The number of hydrogen-bond acceptors (Lipinski definition) is 4. The van der Waals surface area contributed by atoms with Crippen molar-refractivity contribution in [1.29, 1.82) is 0 Å². The molecule has 2 N–H and O–H groups in total. The van der Waals surface area contributed by atoms with Gasteiger partial charge in [0.05, 0.1) is 18.9 Å². The second-order valence-corrected chi connectivity index (χ2v) is 5.56. The van der Waals surface area contributed by atoms with Gasteiger partial charge in [0.2, 0.25) is 0 Å². The largest absolute Gasteiger partial charge is 0.372 e. The van der Waals surface area contributed by atoms with E-state index < -0.39 is 0 Å². The maximum absolute atomic E-state index is 12.1. The van der Waals surface area contributed by atoms with E-state index in [1.54, 1.807) is 16.8 Å². The Balaban J connectivity index is 1.56. The number of ether oxygens (including phenoxy) is 1. The molecule has 1 aromatic carbocycles. The third-order valence-corrected chi connectivity index (χ3v) is 3.70. The fraction of sp³-hybridized carbons (Fsp3) is 0.312. The number of fused-ring (bicyclic) bond motifs is 1. The highest BCUT2D eigenvalue weighted by atomic mass is 16.5. The molecule has 1 aliphatic rings. The van der Waals surface area contributed by atoms with E-state index in [9.17, 15) is 9.59 Å². The molecule has 0 radical (unpaired) electrons. The zero-order valence-electron chi connectivity index (χ0n) is 13.0. The Labute approximate surface area is 133 Å². The van der Waals surface area contributed by atoms with E-state index in [0.29, 0.717) is 18.8 Å². The van der Waals surface area contributed by atoms with E-state index in [-0.39, 0.29) is 18.4 Å². The van der Waals surface area contributed by atoms with Crippen LogP contribution in [-0.4, -0.2) is 21.6 Å². The molecule has 1 aliphatic heterocycles.